The molecule has 2 aliphatic rings. The van der Waals surface area contributed by atoms with Crippen LogP contribution in [0.25, 0.3) is 0 Å². The Morgan fingerprint density at radius 1 is 1.10 bits per heavy atom. The van der Waals surface area contributed by atoms with E-state index in [2.05, 4.69) is 5.32 Å². The third-order valence-corrected chi connectivity index (χ3v) is 5.83. The molecule has 29 heavy (non-hydrogen) atoms. The van der Waals surface area contributed by atoms with Crippen LogP contribution in [0.2, 0.25) is 0 Å². The van der Waals surface area contributed by atoms with Gasteiger partial charge in [-0.15, -0.1) is 0 Å². The van der Waals surface area contributed by atoms with Gasteiger partial charge in [0.25, 0.3) is 5.56 Å². The van der Waals surface area contributed by atoms with Crippen LogP contribution in [0.5, 0.6) is 0 Å². The number of benzene rings is 1. The minimum atomic E-state index is -0.744. The average Bonchev–Trinajstić information content (AvgIpc) is 2.74. The van der Waals surface area contributed by atoms with Crippen LogP contribution in [0.3, 0.4) is 0 Å². The summed E-state index contributed by atoms with van der Waals surface area (Å²) in [5, 5.41) is 2.85. The number of rotatable bonds is 4. The zero-order chi connectivity index (χ0) is 20.4. The largest absolute Gasteiger partial charge is 0.467 e. The molecular formula is C22H25N3O4. The van der Waals surface area contributed by atoms with Gasteiger partial charge in [0.1, 0.15) is 6.04 Å². The van der Waals surface area contributed by atoms with Gasteiger partial charge in [0, 0.05) is 43.7 Å². The van der Waals surface area contributed by atoms with E-state index >= 15 is 0 Å². The Hall–Kier alpha value is -3.09. The average molecular weight is 395 g/mol. The SMILES string of the molecule is COC(=O)[C@H](Cc1ccccc1)NC(=O)N1C[C@H]2C[C@@H](C1)c1cccc(=O)n1C2. The molecule has 1 saturated heterocycles. The molecule has 4 rings (SSSR count). The molecule has 0 radical (unpaired) electrons. The number of methoxy groups -OCH3 is 1. The lowest BCUT2D eigenvalue weighted by Gasteiger charge is -2.42. The normalized spacial score (nSPS) is 21.1. The summed E-state index contributed by atoms with van der Waals surface area (Å²) in [4.78, 5) is 39.1. The summed E-state index contributed by atoms with van der Waals surface area (Å²) < 4.78 is 6.73. The molecule has 0 saturated carbocycles. The molecule has 2 amide bonds. The number of hydrogen-bond acceptors (Lipinski definition) is 4. The van der Waals surface area contributed by atoms with Gasteiger partial charge in [0.2, 0.25) is 0 Å². The monoisotopic (exact) mass is 395 g/mol. The number of carbonyl (C=O) groups is 2. The second-order valence-electron chi connectivity index (χ2n) is 7.82. The van der Waals surface area contributed by atoms with E-state index in [0.29, 0.717) is 26.1 Å². The van der Waals surface area contributed by atoms with Crippen LogP contribution in [-0.4, -0.2) is 47.7 Å². The number of carbonyl (C=O) groups excluding carboxylic acids is 2. The fourth-order valence-electron chi connectivity index (χ4n) is 4.49. The first kappa shape index (κ1) is 19.2. The Kier molecular flexibility index (Phi) is 5.38. The van der Waals surface area contributed by atoms with Gasteiger partial charge >= 0.3 is 12.0 Å². The van der Waals surface area contributed by atoms with Gasteiger partial charge < -0.3 is 19.5 Å². The number of esters is 1. The van der Waals surface area contributed by atoms with Crippen molar-refractivity contribution in [3.63, 3.8) is 0 Å². The molecule has 1 aromatic carbocycles. The standard InChI is InChI=1S/C22H25N3O4/c1-29-21(27)18(11-15-6-3-2-4-7-15)23-22(28)24-12-16-10-17(14-24)19-8-5-9-20(26)25(19)13-16/h2-9,16-18H,10-14H2,1H3,(H,23,28)/t16-,17+,18+/m1/s1. The molecule has 0 spiro atoms. The summed E-state index contributed by atoms with van der Waals surface area (Å²) in [6.07, 6.45) is 1.34. The van der Waals surface area contributed by atoms with Crippen molar-refractivity contribution in [3.8, 4) is 0 Å². The van der Waals surface area contributed by atoms with E-state index < -0.39 is 12.0 Å². The molecule has 2 aliphatic heterocycles. The van der Waals surface area contributed by atoms with Crippen LogP contribution in [0, 0.1) is 5.92 Å². The molecule has 152 valence electrons. The molecule has 2 aromatic rings. The van der Waals surface area contributed by atoms with Crippen molar-refractivity contribution in [3.05, 3.63) is 70.1 Å². The third kappa shape index (κ3) is 4.04. The quantitative estimate of drug-likeness (QED) is 0.800. The van der Waals surface area contributed by atoms with Crippen molar-refractivity contribution >= 4 is 12.0 Å². The number of hydrogen-bond donors (Lipinski definition) is 1. The zero-order valence-corrected chi connectivity index (χ0v) is 16.4. The topological polar surface area (TPSA) is 80.6 Å². The van der Waals surface area contributed by atoms with Crippen LogP contribution in [0.4, 0.5) is 4.79 Å². The Bertz CT molecular complexity index is 956. The van der Waals surface area contributed by atoms with E-state index in [0.717, 1.165) is 17.7 Å². The number of amides is 2. The number of likely N-dealkylation sites (tertiary alicyclic amines) is 1. The van der Waals surface area contributed by atoms with Crippen LogP contribution in [0.1, 0.15) is 23.6 Å². The molecule has 0 aliphatic carbocycles. The summed E-state index contributed by atoms with van der Waals surface area (Å²) in [6, 6.07) is 13.9. The van der Waals surface area contributed by atoms with Crippen LogP contribution in [-0.2, 0) is 22.5 Å². The molecule has 7 heteroatoms. The molecule has 1 aromatic heterocycles. The predicted molar refractivity (Wildman–Crippen MR) is 108 cm³/mol. The van der Waals surface area contributed by atoms with E-state index in [4.69, 9.17) is 4.74 Å². The van der Waals surface area contributed by atoms with Gasteiger partial charge in [-0.2, -0.15) is 0 Å². The van der Waals surface area contributed by atoms with Gasteiger partial charge in [-0.3, -0.25) is 4.79 Å². The number of piperidine rings is 1. The van der Waals surface area contributed by atoms with Gasteiger partial charge in [-0.1, -0.05) is 36.4 Å². The van der Waals surface area contributed by atoms with E-state index in [-0.39, 0.29) is 23.4 Å². The van der Waals surface area contributed by atoms with Gasteiger partial charge in [-0.05, 0) is 24.0 Å². The second kappa shape index (κ2) is 8.11. The third-order valence-electron chi connectivity index (χ3n) is 5.83. The number of pyridine rings is 1. The summed E-state index contributed by atoms with van der Waals surface area (Å²) in [5.74, 6) is -0.0954. The second-order valence-corrected chi connectivity index (χ2v) is 7.82. The van der Waals surface area contributed by atoms with E-state index in [9.17, 15) is 14.4 Å². The Labute approximate surface area is 169 Å². The number of urea groups is 1. The molecular weight excluding hydrogens is 370 g/mol. The minimum Gasteiger partial charge on any atom is -0.467 e. The maximum atomic E-state index is 13.0. The number of nitrogens with zero attached hydrogens (tertiary/aromatic N) is 2. The van der Waals surface area contributed by atoms with Crippen LogP contribution in [0.15, 0.2) is 53.3 Å². The van der Waals surface area contributed by atoms with Crippen LogP contribution < -0.4 is 10.9 Å². The molecule has 3 atom stereocenters. The van der Waals surface area contributed by atoms with E-state index in [1.165, 1.54) is 7.11 Å². The predicted octanol–water partition coefficient (Wildman–Crippen LogP) is 1.76. The molecule has 0 unspecified atom stereocenters. The molecule has 1 N–H and O–H groups in total. The molecule has 1 fully saturated rings. The highest BCUT2D eigenvalue weighted by atomic mass is 16.5. The van der Waals surface area contributed by atoms with Gasteiger partial charge in [0.15, 0.2) is 0 Å². The van der Waals surface area contributed by atoms with Crippen molar-refractivity contribution in [2.75, 3.05) is 20.2 Å². The number of nitrogens with one attached hydrogen (secondary N) is 1. The smallest absolute Gasteiger partial charge is 0.328 e. The first-order valence-corrected chi connectivity index (χ1v) is 9.92. The summed E-state index contributed by atoms with van der Waals surface area (Å²) in [5.41, 5.74) is 1.95. The lowest BCUT2D eigenvalue weighted by Crippen LogP contribution is -2.55. The summed E-state index contributed by atoms with van der Waals surface area (Å²) in [7, 11) is 1.33. The number of aromatic nitrogens is 1. The molecule has 3 heterocycles. The number of fused-ring (bicyclic) bond motifs is 4. The Morgan fingerprint density at radius 2 is 1.90 bits per heavy atom. The highest BCUT2D eigenvalue weighted by molar-refractivity contribution is 5.84. The van der Waals surface area contributed by atoms with E-state index in [1.807, 2.05) is 41.0 Å². The maximum Gasteiger partial charge on any atom is 0.328 e. The fraction of sp³-hybridized carbons (Fsp3) is 0.409. The van der Waals surface area contributed by atoms with Crippen molar-refractivity contribution in [1.82, 2.24) is 14.8 Å². The molecule has 7 nitrogen and oxygen atoms in total. The Balaban J connectivity index is 1.48. The van der Waals surface area contributed by atoms with Crippen molar-refractivity contribution < 1.29 is 14.3 Å². The van der Waals surface area contributed by atoms with Crippen molar-refractivity contribution in [1.29, 1.82) is 0 Å². The highest BCUT2D eigenvalue weighted by Crippen LogP contribution is 2.34. The molecule has 2 bridgehead atoms. The first-order valence-electron chi connectivity index (χ1n) is 9.92. The maximum absolute atomic E-state index is 13.0. The minimum absolute atomic E-state index is 0.0173. The van der Waals surface area contributed by atoms with Crippen molar-refractivity contribution in [2.24, 2.45) is 5.92 Å². The highest BCUT2D eigenvalue weighted by Gasteiger charge is 2.37. The van der Waals surface area contributed by atoms with Gasteiger partial charge in [-0.25, -0.2) is 9.59 Å². The number of ether oxygens (including phenoxy) is 1. The van der Waals surface area contributed by atoms with E-state index in [1.54, 1.807) is 17.0 Å². The Morgan fingerprint density at radius 3 is 2.66 bits per heavy atom. The first-order chi connectivity index (χ1) is 14.0. The lowest BCUT2D eigenvalue weighted by atomic mass is 9.83. The van der Waals surface area contributed by atoms with Crippen molar-refractivity contribution in [2.45, 2.75) is 31.3 Å². The lowest BCUT2D eigenvalue weighted by molar-refractivity contribution is -0.142. The van der Waals surface area contributed by atoms with Gasteiger partial charge in [0.05, 0.1) is 7.11 Å². The summed E-state index contributed by atoms with van der Waals surface area (Å²) in [6.45, 7) is 1.73. The summed E-state index contributed by atoms with van der Waals surface area (Å²) >= 11 is 0. The zero-order valence-electron chi connectivity index (χ0n) is 16.4. The van der Waals surface area contributed by atoms with Crippen LogP contribution >= 0.6 is 0 Å². The fourth-order valence-corrected chi connectivity index (χ4v) is 4.49.